The lowest BCUT2D eigenvalue weighted by Crippen LogP contribution is -2.32. The third kappa shape index (κ3) is 2.72. The molecule has 1 heterocycles. The van der Waals surface area contributed by atoms with Gasteiger partial charge in [0.1, 0.15) is 17.7 Å². The van der Waals surface area contributed by atoms with Gasteiger partial charge in [0.15, 0.2) is 0 Å². The maximum Gasteiger partial charge on any atom is 0.131 e. The highest BCUT2D eigenvalue weighted by Crippen LogP contribution is 2.34. The van der Waals surface area contributed by atoms with Crippen LogP contribution >= 0.6 is 0 Å². The van der Waals surface area contributed by atoms with Gasteiger partial charge in [0, 0.05) is 11.6 Å². The summed E-state index contributed by atoms with van der Waals surface area (Å²) in [6, 6.07) is 2.60. The van der Waals surface area contributed by atoms with Crippen LogP contribution in [0.25, 0.3) is 0 Å². The Kier molecular flexibility index (Phi) is 4.01. The molecule has 1 aromatic rings. The third-order valence-electron chi connectivity index (χ3n) is 3.60. The van der Waals surface area contributed by atoms with Crippen LogP contribution < -0.4 is 0 Å². The van der Waals surface area contributed by atoms with Crippen LogP contribution in [-0.2, 0) is 0 Å². The lowest BCUT2D eigenvalue weighted by atomic mass is 9.86. The molecule has 1 unspecified atom stereocenters. The molecule has 0 N–H and O–H groups in total. The van der Waals surface area contributed by atoms with Gasteiger partial charge in [-0.2, -0.15) is 4.91 Å². The molecule has 98 valence electrons. The Morgan fingerprint density at radius 2 is 2.00 bits per heavy atom. The average Bonchev–Trinajstić information content (AvgIpc) is 2.35. The van der Waals surface area contributed by atoms with Gasteiger partial charge in [0.2, 0.25) is 0 Å². The quantitative estimate of drug-likeness (QED) is 0.776. The van der Waals surface area contributed by atoms with E-state index >= 15 is 0 Å². The molecule has 0 spiro atoms. The van der Waals surface area contributed by atoms with Crippen LogP contribution in [-0.4, -0.2) is 25.0 Å². The van der Waals surface area contributed by atoms with Gasteiger partial charge in [-0.15, -0.1) is 0 Å². The minimum Gasteiger partial charge on any atom is -0.306 e. The Hall–Kier alpha value is -1.36. The van der Waals surface area contributed by atoms with E-state index in [1.165, 1.54) is 12.1 Å². The summed E-state index contributed by atoms with van der Waals surface area (Å²) in [7, 11) is 2.01. The zero-order valence-corrected chi connectivity index (χ0v) is 10.3. The van der Waals surface area contributed by atoms with Crippen LogP contribution in [0.15, 0.2) is 23.4 Å². The Bertz CT molecular complexity index is 431. The van der Waals surface area contributed by atoms with Crippen molar-refractivity contribution in [1.82, 2.24) is 4.90 Å². The maximum absolute atomic E-state index is 13.7. The summed E-state index contributed by atoms with van der Waals surface area (Å²) in [5.41, 5.74) is 0.209. The fraction of sp³-hybridized carbons (Fsp3) is 0.538. The lowest BCUT2D eigenvalue weighted by molar-refractivity contribution is 0.198. The number of piperidine rings is 1. The van der Waals surface area contributed by atoms with Crippen LogP contribution in [0.3, 0.4) is 0 Å². The predicted octanol–water partition coefficient (Wildman–Crippen LogP) is 3.11. The number of likely N-dealkylation sites (tertiary alicyclic amines) is 1. The first-order valence-corrected chi connectivity index (χ1v) is 6.07. The zero-order chi connectivity index (χ0) is 13.1. The van der Waals surface area contributed by atoms with Crippen molar-refractivity contribution in [1.29, 1.82) is 0 Å². The molecule has 0 aromatic heterocycles. The van der Waals surface area contributed by atoms with E-state index in [9.17, 15) is 13.7 Å². The summed E-state index contributed by atoms with van der Waals surface area (Å²) < 4.78 is 26.5. The second kappa shape index (κ2) is 5.52. The SMILES string of the molecule is CN1CCC(C(N=O)c2ccc(F)cc2F)CC1. The fourth-order valence-corrected chi connectivity index (χ4v) is 2.48. The third-order valence-corrected chi connectivity index (χ3v) is 3.60. The van der Waals surface area contributed by atoms with Gasteiger partial charge in [0.05, 0.1) is 0 Å². The normalized spacial score (nSPS) is 19.7. The maximum atomic E-state index is 13.7. The average molecular weight is 254 g/mol. The summed E-state index contributed by atoms with van der Waals surface area (Å²) in [6.07, 6.45) is 1.62. The van der Waals surface area contributed by atoms with E-state index in [4.69, 9.17) is 0 Å². The first kappa shape index (κ1) is 13.1. The first-order chi connectivity index (χ1) is 8.61. The van der Waals surface area contributed by atoms with Gasteiger partial charge in [-0.1, -0.05) is 11.2 Å². The molecule has 1 fully saturated rings. The standard InChI is InChI=1S/C13H16F2N2O/c1-17-6-4-9(5-7-17)13(16-18)11-3-2-10(14)8-12(11)15/h2-3,8-9,13H,4-7H2,1H3. The van der Waals surface area contributed by atoms with E-state index < -0.39 is 17.7 Å². The van der Waals surface area contributed by atoms with Gasteiger partial charge in [0.25, 0.3) is 0 Å². The van der Waals surface area contributed by atoms with Crippen molar-refractivity contribution in [2.75, 3.05) is 20.1 Å². The molecule has 2 rings (SSSR count). The highest BCUT2D eigenvalue weighted by Gasteiger charge is 2.29. The van der Waals surface area contributed by atoms with Crippen molar-refractivity contribution in [3.05, 3.63) is 40.3 Å². The molecule has 0 aliphatic carbocycles. The fourth-order valence-electron chi connectivity index (χ4n) is 2.48. The molecular formula is C13H16F2N2O. The van der Waals surface area contributed by atoms with Crippen molar-refractivity contribution in [2.45, 2.75) is 18.9 Å². The Balaban J connectivity index is 2.20. The van der Waals surface area contributed by atoms with E-state index in [0.717, 1.165) is 32.0 Å². The highest BCUT2D eigenvalue weighted by atomic mass is 19.1. The van der Waals surface area contributed by atoms with Crippen molar-refractivity contribution in [3.8, 4) is 0 Å². The number of hydrogen-bond acceptors (Lipinski definition) is 3. The molecule has 1 aliphatic rings. The number of halogens is 2. The first-order valence-electron chi connectivity index (χ1n) is 6.07. The van der Waals surface area contributed by atoms with Crippen molar-refractivity contribution in [2.24, 2.45) is 11.1 Å². The molecule has 1 aliphatic heterocycles. The van der Waals surface area contributed by atoms with Crippen LogP contribution in [0.1, 0.15) is 24.4 Å². The summed E-state index contributed by atoms with van der Waals surface area (Å²) in [5.74, 6) is -1.28. The smallest absolute Gasteiger partial charge is 0.131 e. The minimum atomic E-state index is -0.709. The summed E-state index contributed by atoms with van der Waals surface area (Å²) in [6.45, 7) is 1.75. The van der Waals surface area contributed by atoms with Crippen LogP contribution in [0.2, 0.25) is 0 Å². The van der Waals surface area contributed by atoms with Crippen LogP contribution in [0, 0.1) is 22.5 Å². The monoisotopic (exact) mass is 254 g/mol. The van der Waals surface area contributed by atoms with Crippen LogP contribution in [0.4, 0.5) is 8.78 Å². The molecule has 0 bridgehead atoms. The Labute approximate surface area is 105 Å². The van der Waals surface area contributed by atoms with E-state index in [-0.39, 0.29) is 11.5 Å². The van der Waals surface area contributed by atoms with Gasteiger partial charge < -0.3 is 4.90 Å². The minimum absolute atomic E-state index is 0.0404. The van der Waals surface area contributed by atoms with E-state index in [1.54, 1.807) is 0 Å². The van der Waals surface area contributed by atoms with Crippen molar-refractivity contribution in [3.63, 3.8) is 0 Å². The number of nitroso groups, excluding NO2 is 1. The van der Waals surface area contributed by atoms with Gasteiger partial charge in [-0.05, 0) is 45.0 Å². The number of benzene rings is 1. The molecule has 18 heavy (non-hydrogen) atoms. The Morgan fingerprint density at radius 1 is 1.33 bits per heavy atom. The number of hydrogen-bond donors (Lipinski definition) is 0. The molecule has 0 radical (unpaired) electrons. The predicted molar refractivity (Wildman–Crippen MR) is 65.1 cm³/mol. The van der Waals surface area contributed by atoms with Gasteiger partial charge in [-0.3, -0.25) is 0 Å². The topological polar surface area (TPSA) is 32.7 Å². The molecular weight excluding hydrogens is 238 g/mol. The summed E-state index contributed by atoms with van der Waals surface area (Å²) in [5, 5.41) is 3.07. The lowest BCUT2D eigenvalue weighted by Gasteiger charge is -2.31. The van der Waals surface area contributed by atoms with E-state index in [1.807, 2.05) is 7.05 Å². The molecule has 1 aromatic carbocycles. The summed E-state index contributed by atoms with van der Waals surface area (Å²) in [4.78, 5) is 13.2. The highest BCUT2D eigenvalue weighted by molar-refractivity contribution is 5.23. The molecule has 0 amide bonds. The van der Waals surface area contributed by atoms with Crippen molar-refractivity contribution < 1.29 is 8.78 Å². The van der Waals surface area contributed by atoms with E-state index in [0.29, 0.717) is 0 Å². The van der Waals surface area contributed by atoms with Gasteiger partial charge >= 0.3 is 0 Å². The molecule has 1 atom stereocenters. The second-order valence-corrected chi connectivity index (χ2v) is 4.86. The Morgan fingerprint density at radius 3 is 2.56 bits per heavy atom. The molecule has 0 saturated carbocycles. The van der Waals surface area contributed by atoms with Gasteiger partial charge in [-0.25, -0.2) is 8.78 Å². The second-order valence-electron chi connectivity index (χ2n) is 4.86. The summed E-state index contributed by atoms with van der Waals surface area (Å²) >= 11 is 0. The van der Waals surface area contributed by atoms with Crippen molar-refractivity contribution >= 4 is 0 Å². The molecule has 5 heteroatoms. The molecule has 3 nitrogen and oxygen atoms in total. The number of rotatable bonds is 3. The van der Waals surface area contributed by atoms with E-state index in [2.05, 4.69) is 10.1 Å². The largest absolute Gasteiger partial charge is 0.306 e. The van der Waals surface area contributed by atoms with Crippen LogP contribution in [0.5, 0.6) is 0 Å². The molecule has 1 saturated heterocycles. The number of nitrogens with zero attached hydrogens (tertiary/aromatic N) is 2. The zero-order valence-electron chi connectivity index (χ0n) is 10.3.